The van der Waals surface area contributed by atoms with Crippen molar-refractivity contribution >= 4 is 34.1 Å². The van der Waals surface area contributed by atoms with Gasteiger partial charge in [0, 0.05) is 85.8 Å². The van der Waals surface area contributed by atoms with E-state index < -0.39 is 0 Å². The lowest BCUT2D eigenvalue weighted by Gasteiger charge is -2.29. The minimum atomic E-state index is 0.751. The first-order chi connectivity index (χ1) is 30.3. The number of aryl methyl sites for hydroxylation is 4. The van der Waals surface area contributed by atoms with E-state index in [9.17, 15) is 0 Å². The normalized spacial score (nSPS) is 11.3. The van der Waals surface area contributed by atoms with Crippen LogP contribution in [0, 0.1) is 27.7 Å². The predicted molar refractivity (Wildman–Crippen MR) is 258 cm³/mol. The Kier molecular flexibility index (Phi) is 13.6. The van der Waals surface area contributed by atoms with Crippen molar-refractivity contribution in [1.29, 1.82) is 0 Å². The molecule has 6 aromatic carbocycles. The minimum Gasteiger partial charge on any atom is -0.311 e. The average molecular weight is 813 g/mol. The second-order valence-corrected chi connectivity index (χ2v) is 16.4. The topological polar surface area (TPSA) is 38.7 Å². The van der Waals surface area contributed by atoms with Crippen molar-refractivity contribution in [2.75, 3.05) is 22.9 Å². The molecule has 0 spiro atoms. The van der Waals surface area contributed by atoms with Crippen LogP contribution >= 0.6 is 0 Å². The highest BCUT2D eigenvalue weighted by Gasteiger charge is 2.17. The molecule has 8 rings (SSSR count). The summed E-state index contributed by atoms with van der Waals surface area (Å²) in [6.07, 6.45) is 3.78. The van der Waals surface area contributed by atoms with Gasteiger partial charge in [-0.25, -0.2) is 0 Å². The van der Waals surface area contributed by atoms with Gasteiger partial charge < -0.3 is 9.80 Å². The SMILES string of the molecule is Cc1ccc(N(c2ccc(C)cc2)c2ccc(CN(CCN(Cc3ccc(N(c4ccc(C)cc4)c4ccc(C)cc4)cc3)Cc3ccccn3)Cc3ccccn3)cc2)cc1. The molecule has 0 atom stereocenters. The summed E-state index contributed by atoms with van der Waals surface area (Å²) >= 11 is 0. The summed E-state index contributed by atoms with van der Waals surface area (Å²) in [5, 5.41) is 0. The summed E-state index contributed by atoms with van der Waals surface area (Å²) in [4.78, 5) is 19.2. The molecular weight excluding hydrogens is 757 g/mol. The van der Waals surface area contributed by atoms with Crippen LogP contribution < -0.4 is 9.80 Å². The number of aromatic nitrogens is 2. The lowest BCUT2D eigenvalue weighted by atomic mass is 10.1. The zero-order chi connectivity index (χ0) is 42.7. The van der Waals surface area contributed by atoms with E-state index in [1.807, 2.05) is 24.5 Å². The molecule has 0 bridgehead atoms. The van der Waals surface area contributed by atoms with Gasteiger partial charge in [-0.1, -0.05) is 107 Å². The first kappa shape index (κ1) is 41.9. The van der Waals surface area contributed by atoms with E-state index in [2.05, 4.69) is 217 Å². The second-order valence-electron chi connectivity index (χ2n) is 16.4. The van der Waals surface area contributed by atoms with Gasteiger partial charge in [0.1, 0.15) is 0 Å². The zero-order valence-corrected chi connectivity index (χ0v) is 36.4. The molecule has 2 aromatic heterocycles. The molecule has 6 nitrogen and oxygen atoms in total. The summed E-state index contributed by atoms with van der Waals surface area (Å²) in [5.41, 5.74) is 16.5. The van der Waals surface area contributed by atoms with Crippen molar-refractivity contribution in [1.82, 2.24) is 19.8 Å². The Morgan fingerprint density at radius 1 is 0.306 bits per heavy atom. The highest BCUT2D eigenvalue weighted by atomic mass is 15.2. The maximum Gasteiger partial charge on any atom is 0.0544 e. The number of pyridine rings is 2. The fourth-order valence-electron chi connectivity index (χ4n) is 7.84. The highest BCUT2D eigenvalue weighted by molar-refractivity contribution is 5.78. The van der Waals surface area contributed by atoms with Crippen LogP contribution in [0.15, 0.2) is 194 Å². The fraction of sp³-hybridized carbons (Fsp3) is 0.179. The highest BCUT2D eigenvalue weighted by Crippen LogP contribution is 2.36. The Balaban J connectivity index is 1.02. The third-order valence-corrected chi connectivity index (χ3v) is 11.3. The smallest absolute Gasteiger partial charge is 0.0544 e. The molecule has 0 saturated carbocycles. The van der Waals surface area contributed by atoms with Crippen molar-refractivity contribution in [2.24, 2.45) is 0 Å². The van der Waals surface area contributed by atoms with E-state index in [1.54, 1.807) is 0 Å². The van der Waals surface area contributed by atoms with Crippen LogP contribution in [0.5, 0.6) is 0 Å². The number of anilines is 6. The number of nitrogens with zero attached hydrogens (tertiary/aromatic N) is 6. The van der Waals surface area contributed by atoms with Crippen molar-refractivity contribution in [3.8, 4) is 0 Å². The largest absolute Gasteiger partial charge is 0.311 e. The van der Waals surface area contributed by atoms with Gasteiger partial charge in [0.15, 0.2) is 0 Å². The maximum atomic E-state index is 4.74. The van der Waals surface area contributed by atoms with Crippen molar-refractivity contribution in [3.63, 3.8) is 0 Å². The van der Waals surface area contributed by atoms with Gasteiger partial charge in [-0.3, -0.25) is 19.8 Å². The molecular formula is C56H56N6. The molecule has 62 heavy (non-hydrogen) atoms. The molecule has 0 aliphatic rings. The molecule has 310 valence electrons. The van der Waals surface area contributed by atoms with Crippen LogP contribution in [0.25, 0.3) is 0 Å². The minimum absolute atomic E-state index is 0.751. The Bertz CT molecular complexity index is 2300. The molecule has 2 heterocycles. The van der Waals surface area contributed by atoms with Crippen LogP contribution in [-0.2, 0) is 26.2 Å². The van der Waals surface area contributed by atoms with Gasteiger partial charge in [0.05, 0.1) is 11.4 Å². The molecule has 8 aromatic rings. The van der Waals surface area contributed by atoms with Crippen LogP contribution in [0.2, 0.25) is 0 Å². The van der Waals surface area contributed by atoms with Gasteiger partial charge in [-0.15, -0.1) is 0 Å². The van der Waals surface area contributed by atoms with E-state index in [1.165, 1.54) is 33.4 Å². The first-order valence-electron chi connectivity index (χ1n) is 21.6. The summed E-state index contributed by atoms with van der Waals surface area (Å²) in [7, 11) is 0. The van der Waals surface area contributed by atoms with Crippen LogP contribution in [0.4, 0.5) is 34.1 Å². The third-order valence-electron chi connectivity index (χ3n) is 11.3. The lowest BCUT2D eigenvalue weighted by Crippen LogP contribution is -2.34. The summed E-state index contributed by atoms with van der Waals surface area (Å²) < 4.78 is 0. The molecule has 0 saturated heterocycles. The molecule has 0 amide bonds. The second kappa shape index (κ2) is 20.1. The average Bonchev–Trinajstić information content (AvgIpc) is 3.30. The monoisotopic (exact) mass is 812 g/mol. The number of hydrogen-bond acceptors (Lipinski definition) is 6. The predicted octanol–water partition coefficient (Wildman–Crippen LogP) is 13.4. The Morgan fingerprint density at radius 2 is 0.581 bits per heavy atom. The van der Waals surface area contributed by atoms with Gasteiger partial charge in [0.2, 0.25) is 0 Å². The lowest BCUT2D eigenvalue weighted by molar-refractivity contribution is 0.180. The Hall–Kier alpha value is -6.86. The molecule has 0 unspecified atom stereocenters. The van der Waals surface area contributed by atoms with Gasteiger partial charge in [-0.2, -0.15) is 0 Å². The van der Waals surface area contributed by atoms with E-state index in [0.717, 1.165) is 84.8 Å². The molecule has 0 aliphatic carbocycles. The van der Waals surface area contributed by atoms with Crippen LogP contribution in [-0.4, -0.2) is 32.9 Å². The quantitative estimate of drug-likeness (QED) is 0.0912. The zero-order valence-electron chi connectivity index (χ0n) is 36.4. The Labute approximate surface area is 368 Å². The van der Waals surface area contributed by atoms with Crippen LogP contribution in [0.1, 0.15) is 44.8 Å². The molecule has 6 heteroatoms. The number of hydrogen-bond donors (Lipinski definition) is 0. The molecule has 0 N–H and O–H groups in total. The summed E-state index contributed by atoms with van der Waals surface area (Å²) in [5.74, 6) is 0. The Morgan fingerprint density at radius 3 is 0.839 bits per heavy atom. The van der Waals surface area contributed by atoms with Gasteiger partial charge in [-0.05, 0) is 136 Å². The maximum absolute atomic E-state index is 4.74. The van der Waals surface area contributed by atoms with E-state index in [4.69, 9.17) is 9.97 Å². The van der Waals surface area contributed by atoms with E-state index >= 15 is 0 Å². The van der Waals surface area contributed by atoms with Gasteiger partial charge >= 0.3 is 0 Å². The van der Waals surface area contributed by atoms with Gasteiger partial charge in [0.25, 0.3) is 0 Å². The van der Waals surface area contributed by atoms with E-state index in [-0.39, 0.29) is 0 Å². The van der Waals surface area contributed by atoms with E-state index in [0.29, 0.717) is 0 Å². The van der Waals surface area contributed by atoms with Crippen molar-refractivity contribution < 1.29 is 0 Å². The molecule has 0 aliphatic heterocycles. The van der Waals surface area contributed by atoms with Crippen molar-refractivity contribution in [3.05, 3.63) is 239 Å². The van der Waals surface area contributed by atoms with Crippen LogP contribution in [0.3, 0.4) is 0 Å². The van der Waals surface area contributed by atoms with Crippen molar-refractivity contribution in [2.45, 2.75) is 53.9 Å². The fourth-order valence-corrected chi connectivity index (χ4v) is 7.84. The molecule has 0 radical (unpaired) electrons. The standard InChI is InChI=1S/C56H56N6/c1-43-11-23-51(24-12-43)61(52-25-13-44(2)14-26-52)55-31-19-47(20-32-55)39-59(41-49-9-5-7-35-57-49)37-38-60(42-50-10-6-8-36-58-50)40-48-21-33-56(34-22-48)62(53-27-15-45(3)16-28-53)54-29-17-46(4)18-30-54/h5-36H,37-42H2,1-4H3. The first-order valence-corrected chi connectivity index (χ1v) is 21.6. The number of rotatable bonds is 17. The summed E-state index contributed by atoms with van der Waals surface area (Å²) in [6, 6.07) is 65.6. The third kappa shape index (κ3) is 11.1. The number of benzene rings is 6. The summed E-state index contributed by atoms with van der Waals surface area (Å²) in [6.45, 7) is 13.3. The molecule has 0 fully saturated rings.